The van der Waals surface area contributed by atoms with Gasteiger partial charge in [-0.25, -0.2) is 9.79 Å². The van der Waals surface area contributed by atoms with Crippen molar-refractivity contribution in [3.63, 3.8) is 0 Å². The van der Waals surface area contributed by atoms with E-state index in [1.807, 2.05) is 67.6 Å². The molecule has 4 heteroatoms. The number of ether oxygens (including phenoxy) is 1. The third-order valence-corrected chi connectivity index (χ3v) is 5.35. The zero-order valence-corrected chi connectivity index (χ0v) is 15.7. The van der Waals surface area contributed by atoms with Crippen LogP contribution in [0.5, 0.6) is 0 Å². The standard InChI is InChI=1S/C21H14INO2/c1-13-11-16(9-10-18(13)22)20-23-19(21(24)25-20)12-15-7-4-6-14-5-2-3-8-17(14)15/h2-12H,1H3/b19-12-. The number of aliphatic imine (C=N–C) groups is 1. The molecule has 0 aliphatic carbocycles. The maximum absolute atomic E-state index is 12.2. The highest BCUT2D eigenvalue weighted by atomic mass is 127. The average molecular weight is 439 g/mol. The van der Waals surface area contributed by atoms with E-state index in [2.05, 4.69) is 27.6 Å². The number of carbonyl (C=O) groups is 1. The number of hydrogen-bond donors (Lipinski definition) is 0. The lowest BCUT2D eigenvalue weighted by atomic mass is 10.0. The molecule has 1 aliphatic rings. The van der Waals surface area contributed by atoms with E-state index in [0.29, 0.717) is 11.6 Å². The fraction of sp³-hybridized carbons (Fsp3) is 0.0476. The summed E-state index contributed by atoms with van der Waals surface area (Å²) in [6.45, 7) is 2.02. The second-order valence-electron chi connectivity index (χ2n) is 5.87. The SMILES string of the molecule is Cc1cc(C2=N/C(=C\c3cccc4ccccc34)C(=O)O2)ccc1I. The van der Waals surface area contributed by atoms with Crippen LogP contribution in [0.2, 0.25) is 0 Å². The van der Waals surface area contributed by atoms with Gasteiger partial charge in [0.05, 0.1) is 0 Å². The topological polar surface area (TPSA) is 38.7 Å². The number of nitrogens with zero attached hydrogens (tertiary/aromatic N) is 1. The molecule has 3 aromatic rings. The van der Waals surface area contributed by atoms with Gasteiger partial charge in [-0.15, -0.1) is 0 Å². The Morgan fingerprint density at radius 1 is 1.04 bits per heavy atom. The van der Waals surface area contributed by atoms with Crippen LogP contribution in [0.4, 0.5) is 0 Å². The first-order chi connectivity index (χ1) is 12.1. The molecule has 3 nitrogen and oxygen atoms in total. The number of carbonyl (C=O) groups excluding carboxylic acids is 1. The van der Waals surface area contributed by atoms with Crippen LogP contribution in [0, 0.1) is 10.5 Å². The summed E-state index contributed by atoms with van der Waals surface area (Å²) in [4.78, 5) is 16.7. The first-order valence-electron chi connectivity index (χ1n) is 7.89. The van der Waals surface area contributed by atoms with Gasteiger partial charge in [-0.2, -0.15) is 0 Å². The molecule has 0 atom stereocenters. The molecule has 0 radical (unpaired) electrons. The summed E-state index contributed by atoms with van der Waals surface area (Å²) in [5, 5.41) is 2.21. The quantitative estimate of drug-likeness (QED) is 0.317. The largest absolute Gasteiger partial charge is 0.402 e. The van der Waals surface area contributed by atoms with Crippen LogP contribution >= 0.6 is 22.6 Å². The van der Waals surface area contributed by atoms with Crippen LogP contribution in [-0.2, 0) is 9.53 Å². The van der Waals surface area contributed by atoms with E-state index < -0.39 is 5.97 Å². The molecule has 0 spiro atoms. The highest BCUT2D eigenvalue weighted by Gasteiger charge is 2.24. The lowest BCUT2D eigenvalue weighted by Crippen LogP contribution is -2.05. The minimum absolute atomic E-state index is 0.322. The highest BCUT2D eigenvalue weighted by Crippen LogP contribution is 2.25. The summed E-state index contributed by atoms with van der Waals surface area (Å²) in [7, 11) is 0. The van der Waals surface area contributed by atoms with Gasteiger partial charge in [-0.05, 0) is 75.7 Å². The van der Waals surface area contributed by atoms with Gasteiger partial charge in [-0.3, -0.25) is 0 Å². The number of aryl methyl sites for hydroxylation is 1. The Kier molecular flexibility index (Phi) is 4.13. The summed E-state index contributed by atoms with van der Waals surface area (Å²) in [5.41, 5.74) is 3.22. The van der Waals surface area contributed by atoms with Crippen molar-refractivity contribution in [3.05, 3.63) is 86.6 Å². The van der Waals surface area contributed by atoms with Crippen molar-refractivity contribution in [3.8, 4) is 0 Å². The minimum atomic E-state index is -0.417. The molecule has 0 aromatic heterocycles. The second-order valence-corrected chi connectivity index (χ2v) is 7.03. The van der Waals surface area contributed by atoms with Gasteiger partial charge >= 0.3 is 5.97 Å². The van der Waals surface area contributed by atoms with Crippen molar-refractivity contribution in [2.24, 2.45) is 4.99 Å². The van der Waals surface area contributed by atoms with Crippen molar-refractivity contribution < 1.29 is 9.53 Å². The molecule has 0 bridgehead atoms. The zero-order chi connectivity index (χ0) is 17.4. The van der Waals surface area contributed by atoms with Crippen molar-refractivity contribution >= 4 is 51.3 Å². The first kappa shape index (κ1) is 16.0. The molecule has 0 unspecified atom stereocenters. The van der Waals surface area contributed by atoms with Gasteiger partial charge < -0.3 is 4.74 Å². The summed E-state index contributed by atoms with van der Waals surface area (Å²) < 4.78 is 6.54. The lowest BCUT2D eigenvalue weighted by molar-refractivity contribution is -0.129. The Balaban J connectivity index is 1.77. The monoisotopic (exact) mass is 439 g/mol. The molecular formula is C21H14INO2. The van der Waals surface area contributed by atoms with E-state index in [1.165, 1.54) is 0 Å². The predicted molar refractivity (Wildman–Crippen MR) is 108 cm³/mol. The van der Waals surface area contributed by atoms with Crippen LogP contribution in [0.1, 0.15) is 16.7 Å². The Bertz CT molecular complexity index is 1060. The minimum Gasteiger partial charge on any atom is -0.402 e. The van der Waals surface area contributed by atoms with Crippen molar-refractivity contribution in [1.82, 2.24) is 0 Å². The van der Waals surface area contributed by atoms with Crippen LogP contribution in [0.3, 0.4) is 0 Å². The Hall–Kier alpha value is -2.47. The van der Waals surface area contributed by atoms with Gasteiger partial charge in [0.2, 0.25) is 5.90 Å². The first-order valence-corrected chi connectivity index (χ1v) is 8.96. The van der Waals surface area contributed by atoms with E-state index in [-0.39, 0.29) is 0 Å². The maximum Gasteiger partial charge on any atom is 0.363 e. The lowest BCUT2D eigenvalue weighted by Gasteiger charge is -2.02. The van der Waals surface area contributed by atoms with Crippen LogP contribution < -0.4 is 0 Å². The summed E-state index contributed by atoms with van der Waals surface area (Å²) >= 11 is 2.28. The third kappa shape index (κ3) is 3.09. The Labute approximate surface area is 159 Å². The Morgan fingerprint density at radius 3 is 2.68 bits per heavy atom. The molecular weight excluding hydrogens is 425 g/mol. The van der Waals surface area contributed by atoms with E-state index in [1.54, 1.807) is 6.08 Å². The smallest absolute Gasteiger partial charge is 0.363 e. The third-order valence-electron chi connectivity index (χ3n) is 4.14. The van der Waals surface area contributed by atoms with Crippen molar-refractivity contribution in [2.45, 2.75) is 6.92 Å². The number of rotatable bonds is 2. The zero-order valence-electron chi connectivity index (χ0n) is 13.5. The van der Waals surface area contributed by atoms with Crippen LogP contribution in [0.15, 0.2) is 71.4 Å². The molecule has 0 fully saturated rings. The van der Waals surface area contributed by atoms with Gasteiger partial charge in [0.25, 0.3) is 0 Å². The molecule has 1 heterocycles. The molecule has 3 aromatic carbocycles. The number of benzene rings is 3. The normalized spacial score (nSPS) is 15.5. The predicted octanol–water partition coefficient (Wildman–Crippen LogP) is 5.10. The van der Waals surface area contributed by atoms with Gasteiger partial charge in [0.1, 0.15) is 0 Å². The number of hydrogen-bond acceptors (Lipinski definition) is 3. The number of cyclic esters (lactones) is 1. The summed E-state index contributed by atoms with van der Waals surface area (Å²) in [5.74, 6) is -0.0601. The maximum atomic E-state index is 12.2. The van der Waals surface area contributed by atoms with E-state index in [4.69, 9.17) is 4.74 Å². The van der Waals surface area contributed by atoms with E-state index in [9.17, 15) is 4.79 Å². The van der Waals surface area contributed by atoms with Gasteiger partial charge in [-0.1, -0.05) is 42.5 Å². The molecule has 0 saturated heterocycles. The molecule has 25 heavy (non-hydrogen) atoms. The number of halogens is 1. The number of esters is 1. The van der Waals surface area contributed by atoms with E-state index in [0.717, 1.165) is 31.0 Å². The van der Waals surface area contributed by atoms with Crippen LogP contribution in [0.25, 0.3) is 16.8 Å². The number of fused-ring (bicyclic) bond motifs is 1. The molecule has 4 rings (SSSR count). The van der Waals surface area contributed by atoms with Crippen LogP contribution in [-0.4, -0.2) is 11.9 Å². The summed E-state index contributed by atoms with van der Waals surface area (Å²) in [6.07, 6.45) is 1.79. The van der Waals surface area contributed by atoms with Gasteiger partial charge in [0.15, 0.2) is 5.70 Å². The van der Waals surface area contributed by atoms with E-state index >= 15 is 0 Å². The molecule has 1 aliphatic heterocycles. The van der Waals surface area contributed by atoms with Crippen molar-refractivity contribution in [1.29, 1.82) is 0 Å². The Morgan fingerprint density at radius 2 is 1.84 bits per heavy atom. The fourth-order valence-electron chi connectivity index (χ4n) is 2.83. The van der Waals surface area contributed by atoms with Crippen molar-refractivity contribution in [2.75, 3.05) is 0 Å². The molecule has 122 valence electrons. The van der Waals surface area contributed by atoms with Gasteiger partial charge in [0, 0.05) is 9.13 Å². The highest BCUT2D eigenvalue weighted by molar-refractivity contribution is 14.1. The average Bonchev–Trinajstić information content (AvgIpc) is 2.98. The molecule has 0 N–H and O–H groups in total. The second kappa shape index (κ2) is 6.44. The fourth-order valence-corrected chi connectivity index (χ4v) is 3.17. The molecule has 0 saturated carbocycles. The molecule has 0 amide bonds. The summed E-state index contributed by atoms with van der Waals surface area (Å²) in [6, 6.07) is 20.0.